The second-order valence-electron chi connectivity index (χ2n) is 6.03. The van der Waals surface area contributed by atoms with Crippen LogP contribution in [0.2, 0.25) is 0 Å². The second-order valence-corrected chi connectivity index (χ2v) is 6.42. The fourth-order valence-corrected chi connectivity index (χ4v) is 2.93. The first kappa shape index (κ1) is 17.6. The molecule has 0 bridgehead atoms. The van der Waals surface area contributed by atoms with Crippen LogP contribution in [0.5, 0.6) is 0 Å². The van der Waals surface area contributed by atoms with E-state index in [1.54, 1.807) is 18.2 Å². The van der Waals surface area contributed by atoms with Gasteiger partial charge in [-0.1, -0.05) is 24.3 Å². The van der Waals surface area contributed by atoms with E-state index in [-0.39, 0.29) is 5.82 Å². The highest BCUT2D eigenvalue weighted by atomic mass is 32.1. The zero-order valence-electron chi connectivity index (χ0n) is 14.2. The SMILES string of the molecule is CN(Cc1ccc(N2CCOCC2)cc1)C(=S)Nc1ccccc1F. The van der Waals surface area contributed by atoms with Crippen molar-refractivity contribution in [2.24, 2.45) is 0 Å². The van der Waals surface area contributed by atoms with Crippen LogP contribution in [0.3, 0.4) is 0 Å². The molecule has 0 atom stereocenters. The third kappa shape index (κ3) is 4.67. The van der Waals surface area contributed by atoms with Crippen LogP contribution in [-0.2, 0) is 11.3 Å². The van der Waals surface area contributed by atoms with E-state index in [0.717, 1.165) is 31.9 Å². The predicted molar refractivity (Wildman–Crippen MR) is 104 cm³/mol. The Kier molecular flexibility index (Phi) is 5.83. The van der Waals surface area contributed by atoms with Crippen LogP contribution < -0.4 is 10.2 Å². The summed E-state index contributed by atoms with van der Waals surface area (Å²) in [5, 5.41) is 3.44. The Morgan fingerprint density at radius 2 is 1.84 bits per heavy atom. The van der Waals surface area contributed by atoms with Crippen LogP contribution in [0.1, 0.15) is 5.56 Å². The van der Waals surface area contributed by atoms with E-state index in [1.807, 2.05) is 11.9 Å². The van der Waals surface area contributed by atoms with Crippen molar-refractivity contribution in [1.82, 2.24) is 4.90 Å². The van der Waals surface area contributed by atoms with Gasteiger partial charge in [-0.05, 0) is 42.0 Å². The molecule has 6 heteroatoms. The molecule has 2 aromatic carbocycles. The van der Waals surface area contributed by atoms with Gasteiger partial charge in [0.25, 0.3) is 0 Å². The van der Waals surface area contributed by atoms with Crippen LogP contribution >= 0.6 is 12.2 Å². The molecule has 1 fully saturated rings. The summed E-state index contributed by atoms with van der Waals surface area (Å²) in [7, 11) is 1.89. The minimum Gasteiger partial charge on any atom is -0.378 e. The normalized spacial score (nSPS) is 14.2. The molecule has 0 saturated carbocycles. The molecule has 0 aromatic heterocycles. The number of anilines is 2. The van der Waals surface area contributed by atoms with Crippen molar-refractivity contribution in [3.8, 4) is 0 Å². The topological polar surface area (TPSA) is 27.7 Å². The Morgan fingerprint density at radius 1 is 1.16 bits per heavy atom. The first-order valence-electron chi connectivity index (χ1n) is 8.32. The highest BCUT2D eigenvalue weighted by Gasteiger charge is 2.12. The number of benzene rings is 2. The van der Waals surface area contributed by atoms with Gasteiger partial charge in [-0.3, -0.25) is 0 Å². The molecule has 132 valence electrons. The minimum absolute atomic E-state index is 0.312. The van der Waals surface area contributed by atoms with Gasteiger partial charge < -0.3 is 19.9 Å². The quantitative estimate of drug-likeness (QED) is 0.844. The van der Waals surface area contributed by atoms with Crippen molar-refractivity contribution in [3.63, 3.8) is 0 Å². The van der Waals surface area contributed by atoms with E-state index in [0.29, 0.717) is 17.3 Å². The van der Waals surface area contributed by atoms with Crippen molar-refractivity contribution in [2.75, 3.05) is 43.6 Å². The lowest BCUT2D eigenvalue weighted by Gasteiger charge is -2.29. The van der Waals surface area contributed by atoms with Gasteiger partial charge in [-0.25, -0.2) is 4.39 Å². The molecular formula is C19H22FN3OS. The number of morpholine rings is 1. The lowest BCUT2D eigenvalue weighted by atomic mass is 10.2. The van der Waals surface area contributed by atoms with Crippen LogP contribution in [0.4, 0.5) is 15.8 Å². The lowest BCUT2D eigenvalue weighted by Crippen LogP contribution is -2.36. The van der Waals surface area contributed by atoms with Crippen molar-refractivity contribution in [3.05, 3.63) is 59.9 Å². The maximum atomic E-state index is 13.7. The van der Waals surface area contributed by atoms with Gasteiger partial charge >= 0.3 is 0 Å². The Labute approximate surface area is 153 Å². The largest absolute Gasteiger partial charge is 0.378 e. The summed E-state index contributed by atoms with van der Waals surface area (Å²) in [5.41, 5.74) is 2.75. The number of para-hydroxylation sites is 1. The van der Waals surface area contributed by atoms with E-state index < -0.39 is 0 Å². The summed E-state index contributed by atoms with van der Waals surface area (Å²) < 4.78 is 19.1. The van der Waals surface area contributed by atoms with Crippen LogP contribution in [-0.4, -0.2) is 43.4 Å². The molecule has 3 rings (SSSR count). The van der Waals surface area contributed by atoms with Gasteiger partial charge in [0, 0.05) is 32.4 Å². The molecule has 25 heavy (non-hydrogen) atoms. The Bertz CT molecular complexity index is 717. The maximum Gasteiger partial charge on any atom is 0.173 e. The average Bonchev–Trinajstić information content (AvgIpc) is 2.65. The molecule has 4 nitrogen and oxygen atoms in total. The first-order valence-corrected chi connectivity index (χ1v) is 8.72. The summed E-state index contributed by atoms with van der Waals surface area (Å²) in [6.07, 6.45) is 0. The number of hydrogen-bond acceptors (Lipinski definition) is 3. The van der Waals surface area contributed by atoms with E-state index >= 15 is 0 Å². The second kappa shape index (κ2) is 8.27. The molecule has 1 aliphatic heterocycles. The molecule has 2 aromatic rings. The van der Waals surface area contributed by atoms with E-state index in [9.17, 15) is 4.39 Å². The highest BCUT2D eigenvalue weighted by molar-refractivity contribution is 7.80. The average molecular weight is 359 g/mol. The van der Waals surface area contributed by atoms with E-state index in [2.05, 4.69) is 34.5 Å². The number of thiocarbonyl (C=S) groups is 1. The molecule has 0 radical (unpaired) electrons. The van der Waals surface area contributed by atoms with Crippen LogP contribution in [0, 0.1) is 5.82 Å². The smallest absolute Gasteiger partial charge is 0.173 e. The van der Waals surface area contributed by atoms with Crippen molar-refractivity contribution in [1.29, 1.82) is 0 Å². The zero-order chi connectivity index (χ0) is 17.6. The lowest BCUT2D eigenvalue weighted by molar-refractivity contribution is 0.122. The van der Waals surface area contributed by atoms with Crippen LogP contribution in [0.15, 0.2) is 48.5 Å². The van der Waals surface area contributed by atoms with Crippen molar-refractivity contribution < 1.29 is 9.13 Å². The summed E-state index contributed by atoms with van der Waals surface area (Å²) >= 11 is 5.37. The molecule has 0 spiro atoms. The van der Waals surface area contributed by atoms with Crippen molar-refractivity contribution >= 4 is 28.7 Å². The molecule has 1 saturated heterocycles. The minimum atomic E-state index is -0.312. The predicted octanol–water partition coefficient (Wildman–Crippen LogP) is 3.49. The molecule has 0 aliphatic carbocycles. The van der Waals surface area contributed by atoms with Gasteiger partial charge in [0.2, 0.25) is 0 Å². The number of nitrogens with one attached hydrogen (secondary N) is 1. The number of hydrogen-bond donors (Lipinski definition) is 1. The number of ether oxygens (including phenoxy) is 1. The van der Waals surface area contributed by atoms with E-state index in [1.165, 1.54) is 11.8 Å². The molecule has 1 aliphatic rings. The highest BCUT2D eigenvalue weighted by Crippen LogP contribution is 2.18. The van der Waals surface area contributed by atoms with Gasteiger partial charge in [0.05, 0.1) is 18.9 Å². The molecular weight excluding hydrogens is 337 g/mol. The zero-order valence-corrected chi connectivity index (χ0v) is 15.1. The van der Waals surface area contributed by atoms with Crippen LogP contribution in [0.25, 0.3) is 0 Å². The summed E-state index contributed by atoms with van der Waals surface area (Å²) in [5.74, 6) is -0.312. The van der Waals surface area contributed by atoms with Gasteiger partial charge in [-0.15, -0.1) is 0 Å². The van der Waals surface area contributed by atoms with Gasteiger partial charge in [0.15, 0.2) is 5.11 Å². The third-order valence-electron chi connectivity index (χ3n) is 4.19. The first-order chi connectivity index (χ1) is 12.1. The molecule has 1 heterocycles. The molecule has 0 amide bonds. The Balaban J connectivity index is 1.57. The Hall–Kier alpha value is -2.18. The van der Waals surface area contributed by atoms with E-state index in [4.69, 9.17) is 17.0 Å². The standard InChI is InChI=1S/C19H22FN3OS/c1-22(19(25)21-18-5-3-2-4-17(18)20)14-15-6-8-16(9-7-15)23-10-12-24-13-11-23/h2-9H,10-14H2,1H3,(H,21,25). The third-order valence-corrected chi connectivity index (χ3v) is 4.61. The maximum absolute atomic E-state index is 13.7. The molecule has 1 N–H and O–H groups in total. The molecule has 0 unspecified atom stereocenters. The summed E-state index contributed by atoms with van der Waals surface area (Å²) in [4.78, 5) is 4.22. The van der Waals surface area contributed by atoms with Gasteiger partial charge in [0.1, 0.15) is 5.82 Å². The van der Waals surface area contributed by atoms with Crippen molar-refractivity contribution in [2.45, 2.75) is 6.54 Å². The monoisotopic (exact) mass is 359 g/mol. The fraction of sp³-hybridized carbons (Fsp3) is 0.316. The Morgan fingerprint density at radius 3 is 2.52 bits per heavy atom. The summed E-state index contributed by atoms with van der Waals surface area (Å²) in [6, 6.07) is 15.0. The summed E-state index contributed by atoms with van der Waals surface area (Å²) in [6.45, 7) is 4.07. The number of nitrogens with zero attached hydrogens (tertiary/aromatic N) is 2. The number of halogens is 1. The number of rotatable bonds is 4. The fourth-order valence-electron chi connectivity index (χ4n) is 2.75. The van der Waals surface area contributed by atoms with Gasteiger partial charge in [-0.2, -0.15) is 0 Å².